The summed E-state index contributed by atoms with van der Waals surface area (Å²) < 4.78 is 45.2. The minimum atomic E-state index is -6.00. The lowest BCUT2D eigenvalue weighted by Gasteiger charge is -2.18. The molecule has 0 fully saturated rings. The SMILES string of the molecule is CC(C)(C)c1ccc(-c2nc(-c3ccccc3)cc(-c3ccccc3)[o+]2)cc1.F[B-](F)(F)F. The lowest BCUT2D eigenvalue weighted by atomic mass is 9.87. The zero-order valence-electron chi connectivity index (χ0n) is 18.6. The van der Waals surface area contributed by atoms with E-state index in [4.69, 9.17) is 9.40 Å². The standard InChI is InChI=1S/C26H24NO.BF4/c1-26(2,3)22-16-14-21(15-17-22)25-27-23(19-10-6-4-7-11-19)18-24(28-25)20-12-8-5-9-13-20;2-1(3,4)5/h4-18H,1-3H3;/q+1;-1. The Morgan fingerprint density at radius 2 is 1.15 bits per heavy atom. The van der Waals surface area contributed by atoms with Crippen molar-refractivity contribution in [3.8, 4) is 34.0 Å². The molecule has 0 saturated carbocycles. The summed E-state index contributed by atoms with van der Waals surface area (Å²) in [6.07, 6.45) is 0. The average molecular weight is 453 g/mol. The van der Waals surface area contributed by atoms with Crippen molar-refractivity contribution in [1.29, 1.82) is 0 Å². The number of hydrogen-bond acceptors (Lipinski definition) is 1. The number of hydrogen-bond donors (Lipinski definition) is 0. The molecule has 170 valence electrons. The van der Waals surface area contributed by atoms with Gasteiger partial charge in [-0.15, -0.1) is 0 Å². The topological polar surface area (TPSA) is 24.2 Å². The van der Waals surface area contributed by atoms with E-state index in [1.807, 2.05) is 42.5 Å². The second kappa shape index (κ2) is 9.98. The van der Waals surface area contributed by atoms with Crippen molar-refractivity contribution < 1.29 is 21.7 Å². The molecular formula is C26H24BF4NO. The van der Waals surface area contributed by atoms with Gasteiger partial charge in [-0.1, -0.05) is 81.4 Å². The van der Waals surface area contributed by atoms with Crippen LogP contribution in [-0.2, 0) is 5.41 Å². The van der Waals surface area contributed by atoms with Crippen LogP contribution in [0.3, 0.4) is 0 Å². The first-order valence-corrected chi connectivity index (χ1v) is 10.4. The molecule has 0 bridgehead atoms. The maximum atomic E-state index is 9.75. The van der Waals surface area contributed by atoms with Crippen LogP contribution in [0.25, 0.3) is 34.0 Å². The van der Waals surface area contributed by atoms with Crippen molar-refractivity contribution in [2.75, 3.05) is 0 Å². The van der Waals surface area contributed by atoms with Crippen LogP contribution in [0.5, 0.6) is 0 Å². The summed E-state index contributed by atoms with van der Waals surface area (Å²) in [5, 5.41) is 0. The maximum Gasteiger partial charge on any atom is 0.673 e. The molecule has 0 amide bonds. The fourth-order valence-electron chi connectivity index (χ4n) is 3.16. The molecule has 0 aliphatic rings. The summed E-state index contributed by atoms with van der Waals surface area (Å²) in [5.74, 6) is 1.44. The zero-order chi connectivity index (χ0) is 24.1. The van der Waals surface area contributed by atoms with E-state index < -0.39 is 7.25 Å². The van der Waals surface area contributed by atoms with E-state index in [1.165, 1.54) is 5.56 Å². The van der Waals surface area contributed by atoms with Crippen molar-refractivity contribution in [1.82, 2.24) is 4.98 Å². The Morgan fingerprint density at radius 1 is 0.667 bits per heavy atom. The Hall–Kier alpha value is -3.48. The predicted molar refractivity (Wildman–Crippen MR) is 126 cm³/mol. The second-order valence-electron chi connectivity index (χ2n) is 8.47. The Labute approximate surface area is 191 Å². The van der Waals surface area contributed by atoms with Gasteiger partial charge in [0.2, 0.25) is 0 Å². The Morgan fingerprint density at radius 3 is 1.64 bits per heavy atom. The molecule has 0 spiro atoms. The van der Waals surface area contributed by atoms with E-state index in [-0.39, 0.29) is 5.41 Å². The summed E-state index contributed by atoms with van der Waals surface area (Å²) in [6, 6.07) is 30.9. The van der Waals surface area contributed by atoms with Crippen molar-refractivity contribution in [2.45, 2.75) is 26.2 Å². The van der Waals surface area contributed by atoms with E-state index in [0.717, 1.165) is 28.1 Å². The van der Waals surface area contributed by atoms with Gasteiger partial charge in [0.1, 0.15) is 5.56 Å². The van der Waals surface area contributed by atoms with Gasteiger partial charge in [0.05, 0.1) is 17.3 Å². The molecule has 0 unspecified atom stereocenters. The normalized spacial score (nSPS) is 11.5. The first-order valence-electron chi connectivity index (χ1n) is 10.4. The van der Waals surface area contributed by atoms with Gasteiger partial charge in [-0.3, -0.25) is 0 Å². The number of benzene rings is 3. The smallest absolute Gasteiger partial charge is 0.418 e. The third-order valence-corrected chi connectivity index (χ3v) is 4.82. The zero-order valence-corrected chi connectivity index (χ0v) is 18.6. The molecule has 2 nitrogen and oxygen atoms in total. The van der Waals surface area contributed by atoms with Crippen LogP contribution in [0.1, 0.15) is 26.3 Å². The van der Waals surface area contributed by atoms with Crippen LogP contribution >= 0.6 is 0 Å². The molecule has 4 rings (SSSR count). The fourth-order valence-corrected chi connectivity index (χ4v) is 3.16. The highest BCUT2D eigenvalue weighted by molar-refractivity contribution is 6.50. The van der Waals surface area contributed by atoms with E-state index in [9.17, 15) is 17.3 Å². The summed E-state index contributed by atoms with van der Waals surface area (Å²) in [6.45, 7) is 6.65. The van der Waals surface area contributed by atoms with Crippen molar-refractivity contribution in [2.24, 2.45) is 0 Å². The predicted octanol–water partition coefficient (Wildman–Crippen LogP) is 8.55. The second-order valence-corrected chi connectivity index (χ2v) is 8.47. The quantitative estimate of drug-likeness (QED) is 0.176. The van der Waals surface area contributed by atoms with Gasteiger partial charge in [0, 0.05) is 5.56 Å². The van der Waals surface area contributed by atoms with Crippen molar-refractivity contribution in [3.05, 3.63) is 96.6 Å². The molecular weight excluding hydrogens is 429 g/mol. The van der Waals surface area contributed by atoms with Crippen LogP contribution in [0.15, 0.2) is 95.4 Å². The molecule has 0 saturated heterocycles. The summed E-state index contributed by atoms with van der Waals surface area (Å²) in [5.41, 5.74) is 5.39. The number of rotatable bonds is 3. The van der Waals surface area contributed by atoms with Gasteiger partial charge < -0.3 is 17.3 Å². The lowest BCUT2D eigenvalue weighted by molar-refractivity contribution is 0.368. The molecule has 33 heavy (non-hydrogen) atoms. The monoisotopic (exact) mass is 453 g/mol. The first-order chi connectivity index (χ1) is 15.5. The number of nitrogens with zero attached hydrogens (tertiary/aromatic N) is 1. The minimum absolute atomic E-state index is 0.115. The van der Waals surface area contributed by atoms with Crippen LogP contribution in [0.4, 0.5) is 17.3 Å². The Kier molecular flexibility index (Phi) is 7.31. The van der Waals surface area contributed by atoms with Crippen molar-refractivity contribution in [3.63, 3.8) is 0 Å². The molecule has 4 aromatic rings. The van der Waals surface area contributed by atoms with E-state index >= 15 is 0 Å². The van der Waals surface area contributed by atoms with Crippen LogP contribution in [-0.4, -0.2) is 12.2 Å². The van der Waals surface area contributed by atoms with E-state index in [2.05, 4.69) is 69.3 Å². The highest BCUT2D eigenvalue weighted by atomic mass is 19.5. The van der Waals surface area contributed by atoms with Gasteiger partial charge in [-0.2, -0.15) is 9.40 Å². The van der Waals surface area contributed by atoms with E-state index in [1.54, 1.807) is 0 Å². The first kappa shape index (κ1) is 24.2. The van der Waals surface area contributed by atoms with Crippen molar-refractivity contribution >= 4 is 7.25 Å². The third kappa shape index (κ3) is 7.27. The van der Waals surface area contributed by atoms with Crippen LogP contribution in [0, 0.1) is 0 Å². The summed E-state index contributed by atoms with van der Waals surface area (Å²) >= 11 is 0. The lowest BCUT2D eigenvalue weighted by Crippen LogP contribution is -2.10. The van der Waals surface area contributed by atoms with Gasteiger partial charge >= 0.3 is 18.9 Å². The molecule has 0 aliphatic heterocycles. The Balaban J connectivity index is 0.000000555. The number of halogens is 4. The molecule has 1 aromatic heterocycles. The van der Waals surface area contributed by atoms with Gasteiger partial charge in [-0.05, 0) is 35.2 Å². The maximum absolute atomic E-state index is 9.75. The molecule has 0 atom stereocenters. The molecule has 0 radical (unpaired) electrons. The molecule has 0 aliphatic carbocycles. The molecule has 3 aromatic carbocycles. The summed E-state index contributed by atoms with van der Waals surface area (Å²) in [4.78, 5) is 4.82. The fraction of sp³-hybridized carbons (Fsp3) is 0.154. The van der Waals surface area contributed by atoms with E-state index in [0.29, 0.717) is 5.89 Å². The molecule has 0 N–H and O–H groups in total. The highest BCUT2D eigenvalue weighted by Crippen LogP contribution is 2.31. The van der Waals surface area contributed by atoms with Crippen LogP contribution < -0.4 is 0 Å². The average Bonchev–Trinajstić information content (AvgIpc) is 2.78. The van der Waals surface area contributed by atoms with Gasteiger partial charge in [-0.25, -0.2) is 0 Å². The minimum Gasteiger partial charge on any atom is -0.418 e. The van der Waals surface area contributed by atoms with Crippen LogP contribution in [0.2, 0.25) is 0 Å². The number of aromatic nitrogens is 1. The van der Waals surface area contributed by atoms with Gasteiger partial charge in [0.25, 0.3) is 0 Å². The largest absolute Gasteiger partial charge is 0.673 e. The Bertz CT molecular complexity index is 1110. The van der Waals surface area contributed by atoms with Gasteiger partial charge in [0.15, 0.2) is 0 Å². The molecule has 7 heteroatoms. The molecule has 1 heterocycles. The highest BCUT2D eigenvalue weighted by Gasteiger charge is 2.23. The summed E-state index contributed by atoms with van der Waals surface area (Å²) in [7, 11) is -6.00. The third-order valence-electron chi connectivity index (χ3n) is 4.82.